The van der Waals surface area contributed by atoms with Gasteiger partial charge in [0.25, 0.3) is 0 Å². The lowest BCUT2D eigenvalue weighted by atomic mass is 10.2. The summed E-state index contributed by atoms with van der Waals surface area (Å²) in [7, 11) is -2.39. The van der Waals surface area contributed by atoms with Crippen LogP contribution in [0.15, 0.2) is 12.1 Å². The Morgan fingerprint density at radius 3 is 1.25 bits per heavy atom. The summed E-state index contributed by atoms with van der Waals surface area (Å²) >= 11 is 0. The summed E-state index contributed by atoms with van der Waals surface area (Å²) < 4.78 is 0. The predicted molar refractivity (Wildman–Crippen MR) is 81.9 cm³/mol. The molecule has 0 saturated heterocycles. The van der Waals surface area contributed by atoms with E-state index < -0.39 is 16.1 Å². The van der Waals surface area contributed by atoms with Gasteiger partial charge in [0.05, 0.1) is 16.1 Å². The Morgan fingerprint density at radius 2 is 1.00 bits per heavy atom. The zero-order valence-electron chi connectivity index (χ0n) is 12.2. The fourth-order valence-corrected chi connectivity index (χ4v) is 6.38. The van der Waals surface area contributed by atoms with Crippen molar-refractivity contribution in [2.75, 3.05) is 0 Å². The summed E-state index contributed by atoms with van der Waals surface area (Å²) in [6.07, 6.45) is 0. The van der Waals surface area contributed by atoms with Gasteiger partial charge in [-0.25, -0.2) is 0 Å². The Balaban J connectivity index is 3.51. The van der Waals surface area contributed by atoms with Crippen molar-refractivity contribution in [3.63, 3.8) is 0 Å². The van der Waals surface area contributed by atoms with Gasteiger partial charge in [0.1, 0.15) is 0 Å². The van der Waals surface area contributed by atoms with Gasteiger partial charge >= 0.3 is 0 Å². The summed E-state index contributed by atoms with van der Waals surface area (Å²) in [4.78, 5) is 0. The molecular formula is C14H26Si2. The maximum Gasteiger partial charge on any atom is 0.0779 e. The van der Waals surface area contributed by atoms with Gasteiger partial charge in [-0.1, -0.05) is 72.9 Å². The minimum atomic E-state index is -1.20. The van der Waals surface area contributed by atoms with Gasteiger partial charge in [0, 0.05) is 0 Å². The zero-order valence-corrected chi connectivity index (χ0v) is 14.2. The average molecular weight is 251 g/mol. The Morgan fingerprint density at radius 1 is 0.688 bits per heavy atom. The topological polar surface area (TPSA) is 0 Å². The monoisotopic (exact) mass is 250 g/mol. The van der Waals surface area contributed by atoms with Crippen LogP contribution in [0.1, 0.15) is 11.1 Å². The molecule has 1 aromatic rings. The highest BCUT2D eigenvalue weighted by molar-refractivity contribution is 6.92. The van der Waals surface area contributed by atoms with Crippen molar-refractivity contribution >= 4 is 26.5 Å². The lowest BCUT2D eigenvalue weighted by Gasteiger charge is -2.27. The van der Waals surface area contributed by atoms with E-state index in [0.717, 1.165) is 0 Å². The summed E-state index contributed by atoms with van der Waals surface area (Å²) in [5, 5.41) is 3.31. The van der Waals surface area contributed by atoms with Crippen LogP contribution in [0.3, 0.4) is 0 Å². The minimum Gasteiger partial charge on any atom is -0.0656 e. The van der Waals surface area contributed by atoms with Gasteiger partial charge in [-0.05, 0) is 13.8 Å². The molecule has 16 heavy (non-hydrogen) atoms. The van der Waals surface area contributed by atoms with E-state index in [-0.39, 0.29) is 0 Å². The van der Waals surface area contributed by atoms with Gasteiger partial charge in [0.2, 0.25) is 0 Å². The summed E-state index contributed by atoms with van der Waals surface area (Å²) in [5.74, 6) is 0. The van der Waals surface area contributed by atoms with E-state index in [4.69, 9.17) is 0 Å². The molecule has 0 spiro atoms. The maximum absolute atomic E-state index is 2.45. The fraction of sp³-hybridized carbons (Fsp3) is 0.571. The molecule has 0 aliphatic heterocycles. The number of hydrogen-bond donors (Lipinski definition) is 0. The van der Waals surface area contributed by atoms with Gasteiger partial charge in [-0.2, -0.15) is 0 Å². The highest BCUT2D eigenvalue weighted by Gasteiger charge is 2.25. The van der Waals surface area contributed by atoms with Crippen molar-refractivity contribution in [2.45, 2.75) is 53.1 Å². The van der Waals surface area contributed by atoms with E-state index in [2.05, 4.69) is 65.3 Å². The van der Waals surface area contributed by atoms with E-state index in [0.29, 0.717) is 0 Å². The quantitative estimate of drug-likeness (QED) is 0.706. The minimum absolute atomic E-state index is 1.20. The van der Waals surface area contributed by atoms with E-state index in [1.165, 1.54) is 5.56 Å². The van der Waals surface area contributed by atoms with Gasteiger partial charge in [-0.15, -0.1) is 0 Å². The molecule has 0 unspecified atom stereocenters. The van der Waals surface area contributed by atoms with Crippen molar-refractivity contribution < 1.29 is 0 Å². The molecular weight excluding hydrogens is 224 g/mol. The SMILES string of the molecule is Cc1cc([Si](C)(C)C)c(C)c([Si](C)(C)C)c1. The van der Waals surface area contributed by atoms with Crippen LogP contribution in [0, 0.1) is 13.8 Å². The highest BCUT2D eigenvalue weighted by Crippen LogP contribution is 2.12. The summed E-state index contributed by atoms with van der Waals surface area (Å²) in [5.41, 5.74) is 3.03. The average Bonchev–Trinajstić information content (AvgIpc) is 2.04. The Hall–Kier alpha value is -0.346. The van der Waals surface area contributed by atoms with Gasteiger partial charge in [0.15, 0.2) is 0 Å². The smallest absolute Gasteiger partial charge is 0.0656 e. The number of rotatable bonds is 2. The second-order valence-electron chi connectivity index (χ2n) is 6.99. The molecule has 1 rings (SSSR count). The van der Waals surface area contributed by atoms with E-state index in [1.54, 1.807) is 15.9 Å². The molecule has 0 radical (unpaired) electrons. The second kappa shape index (κ2) is 4.15. The van der Waals surface area contributed by atoms with Crippen molar-refractivity contribution in [3.8, 4) is 0 Å². The summed E-state index contributed by atoms with van der Waals surface area (Å²) in [6.45, 7) is 19.3. The van der Waals surface area contributed by atoms with Gasteiger partial charge in [-0.3, -0.25) is 0 Å². The Kier molecular flexibility index (Phi) is 3.56. The molecule has 0 aliphatic carbocycles. The van der Waals surface area contributed by atoms with Crippen molar-refractivity contribution in [2.24, 2.45) is 0 Å². The second-order valence-corrected chi connectivity index (χ2v) is 17.1. The third-order valence-corrected chi connectivity index (χ3v) is 7.44. The van der Waals surface area contributed by atoms with Crippen molar-refractivity contribution in [3.05, 3.63) is 23.3 Å². The normalized spacial score (nSPS) is 13.0. The van der Waals surface area contributed by atoms with Crippen LogP contribution in [-0.4, -0.2) is 16.1 Å². The molecule has 90 valence electrons. The molecule has 2 heteroatoms. The lowest BCUT2D eigenvalue weighted by molar-refractivity contribution is 1.43. The van der Waals surface area contributed by atoms with Crippen LogP contribution in [0.4, 0.5) is 0 Å². The molecule has 0 atom stereocenters. The first-order valence-corrected chi connectivity index (χ1v) is 13.2. The lowest BCUT2D eigenvalue weighted by Crippen LogP contribution is -2.48. The molecule has 0 amide bonds. The Labute approximate surface area is 103 Å². The molecule has 0 N–H and O–H groups in total. The molecule has 0 aliphatic rings. The number of hydrogen-bond acceptors (Lipinski definition) is 0. The third kappa shape index (κ3) is 2.86. The first-order chi connectivity index (χ1) is 7.03. The first kappa shape index (κ1) is 13.7. The standard InChI is InChI=1S/C14H26Si2/c1-11-9-13(15(3,4)5)12(2)14(10-11)16(6,7)8/h9-10H,1-8H3. The largest absolute Gasteiger partial charge is 0.0779 e. The molecule has 1 aromatic carbocycles. The summed E-state index contributed by atoms with van der Waals surface area (Å²) in [6, 6.07) is 4.84. The third-order valence-electron chi connectivity index (χ3n) is 3.17. The van der Waals surface area contributed by atoms with E-state index >= 15 is 0 Å². The first-order valence-electron chi connectivity index (χ1n) is 6.15. The Bertz CT molecular complexity index is 357. The van der Waals surface area contributed by atoms with Crippen LogP contribution in [0.25, 0.3) is 0 Å². The van der Waals surface area contributed by atoms with Crippen LogP contribution in [-0.2, 0) is 0 Å². The van der Waals surface area contributed by atoms with Crippen molar-refractivity contribution in [1.29, 1.82) is 0 Å². The van der Waals surface area contributed by atoms with Crippen LogP contribution >= 0.6 is 0 Å². The van der Waals surface area contributed by atoms with E-state index in [9.17, 15) is 0 Å². The van der Waals surface area contributed by atoms with Crippen molar-refractivity contribution in [1.82, 2.24) is 0 Å². The van der Waals surface area contributed by atoms with Gasteiger partial charge < -0.3 is 0 Å². The number of aryl methyl sites for hydroxylation is 1. The van der Waals surface area contributed by atoms with Crippen LogP contribution < -0.4 is 10.4 Å². The van der Waals surface area contributed by atoms with Crippen LogP contribution in [0.2, 0.25) is 39.3 Å². The fourth-order valence-electron chi connectivity index (χ4n) is 2.42. The maximum atomic E-state index is 2.45. The van der Waals surface area contributed by atoms with Crippen LogP contribution in [0.5, 0.6) is 0 Å². The highest BCUT2D eigenvalue weighted by atomic mass is 28.3. The zero-order chi connectivity index (χ0) is 12.7. The molecule has 0 saturated carbocycles. The molecule has 0 bridgehead atoms. The number of benzene rings is 1. The van der Waals surface area contributed by atoms with E-state index in [1.807, 2.05) is 0 Å². The molecule has 0 fully saturated rings. The molecule has 0 nitrogen and oxygen atoms in total. The molecule has 0 aromatic heterocycles. The predicted octanol–water partition coefficient (Wildman–Crippen LogP) is 3.39. The molecule has 0 heterocycles.